The van der Waals surface area contributed by atoms with Crippen LogP contribution in [-0.2, 0) is 0 Å². The lowest BCUT2D eigenvalue weighted by Crippen LogP contribution is -1.86. The summed E-state index contributed by atoms with van der Waals surface area (Å²) in [6, 6.07) is 0. The van der Waals surface area contributed by atoms with E-state index in [2.05, 4.69) is 58.9 Å². The van der Waals surface area contributed by atoms with Crippen molar-refractivity contribution >= 4 is 5.71 Å². The smallest absolute Gasteiger partial charge is 0.00613 e. The molecule has 0 fully saturated rings. The number of nitrogens with one attached hydrogen (secondary N) is 1. The second kappa shape index (κ2) is 14.0. The third kappa shape index (κ3) is 15.5. The van der Waals surface area contributed by atoms with Gasteiger partial charge < -0.3 is 5.41 Å². The summed E-state index contributed by atoms with van der Waals surface area (Å²) in [5.74, 6) is 0. The second-order valence-electron chi connectivity index (χ2n) is 7.37. The summed E-state index contributed by atoms with van der Waals surface area (Å²) in [5, 5.41) is 7.44. The van der Waals surface area contributed by atoms with E-state index in [1.165, 1.54) is 41.6 Å². The molecule has 0 aliphatic carbocycles. The zero-order valence-corrected chi connectivity index (χ0v) is 17.0. The van der Waals surface area contributed by atoms with Crippen LogP contribution in [0.1, 0.15) is 92.9 Å². The van der Waals surface area contributed by atoms with Gasteiger partial charge >= 0.3 is 0 Å². The molecule has 0 aliphatic rings. The number of rotatable bonds is 12. The molecule has 0 aromatic rings. The lowest BCUT2D eigenvalue weighted by Gasteiger charge is -2.03. The van der Waals surface area contributed by atoms with Crippen LogP contribution < -0.4 is 0 Å². The van der Waals surface area contributed by atoms with E-state index < -0.39 is 0 Å². The van der Waals surface area contributed by atoms with Crippen LogP contribution in [0.3, 0.4) is 0 Å². The zero-order valence-electron chi connectivity index (χ0n) is 17.0. The Kier molecular flexibility index (Phi) is 13.2. The maximum atomic E-state index is 7.44. The summed E-state index contributed by atoms with van der Waals surface area (Å²) in [4.78, 5) is 0. The molecule has 1 N–H and O–H groups in total. The Morgan fingerprint density at radius 2 is 0.875 bits per heavy atom. The third-order valence-corrected chi connectivity index (χ3v) is 4.17. The molecule has 1 heteroatoms. The normalized spacial score (nSPS) is 13.2. The highest BCUT2D eigenvalue weighted by molar-refractivity contribution is 5.78. The zero-order chi connectivity index (χ0) is 18.4. The number of allylic oxidation sites excluding steroid dienone is 8. The third-order valence-electron chi connectivity index (χ3n) is 4.17. The predicted molar refractivity (Wildman–Crippen MR) is 111 cm³/mol. The predicted octanol–water partition coefficient (Wildman–Crippen LogP) is 7.95. The first-order valence-electron chi connectivity index (χ1n) is 9.45. The molecule has 0 atom stereocenters. The van der Waals surface area contributed by atoms with Crippen LogP contribution in [0.2, 0.25) is 0 Å². The van der Waals surface area contributed by atoms with Gasteiger partial charge in [-0.15, -0.1) is 0 Å². The van der Waals surface area contributed by atoms with Crippen LogP contribution in [-0.4, -0.2) is 5.71 Å². The minimum absolute atomic E-state index is 0.777. The fraction of sp³-hybridized carbons (Fsp3) is 0.609. The average Bonchev–Trinajstić information content (AvgIpc) is 2.46. The van der Waals surface area contributed by atoms with Crippen LogP contribution in [0.5, 0.6) is 0 Å². The van der Waals surface area contributed by atoms with E-state index in [1.54, 1.807) is 0 Å². The van der Waals surface area contributed by atoms with E-state index in [-0.39, 0.29) is 0 Å². The summed E-state index contributed by atoms with van der Waals surface area (Å²) in [5.41, 5.74) is 6.67. The Hall–Kier alpha value is -1.37. The van der Waals surface area contributed by atoms with E-state index >= 15 is 0 Å². The molecular weight excluding hydrogens is 290 g/mol. The van der Waals surface area contributed by atoms with E-state index in [0.717, 1.165) is 37.8 Å². The minimum Gasteiger partial charge on any atom is -0.310 e. The topological polar surface area (TPSA) is 23.9 Å². The summed E-state index contributed by atoms with van der Waals surface area (Å²) >= 11 is 0. The van der Waals surface area contributed by atoms with Crippen LogP contribution in [0.4, 0.5) is 0 Å². The SMILES string of the molecule is CC(=N)CC/C=C(\C)CC/C=C(\C)CC/C=C(\C)CCC=C(C)C. The maximum Gasteiger partial charge on any atom is 0.00613 e. The highest BCUT2D eigenvalue weighted by Gasteiger charge is 1.94. The van der Waals surface area contributed by atoms with Gasteiger partial charge in [-0.05, 0) is 92.9 Å². The van der Waals surface area contributed by atoms with Gasteiger partial charge in [-0.3, -0.25) is 0 Å². The fourth-order valence-corrected chi connectivity index (χ4v) is 2.52. The van der Waals surface area contributed by atoms with Crippen LogP contribution in [0, 0.1) is 5.41 Å². The Morgan fingerprint density at radius 3 is 1.21 bits per heavy atom. The standard InChI is InChI=1S/C23H39N/c1-19(2)11-7-12-20(3)13-8-14-21(4)15-9-16-22(5)17-10-18-23(6)24/h11,13,15,17,24H,7-10,12,14,16,18H2,1-6H3/b20-13+,21-15+,22-17+,24-23?. The van der Waals surface area contributed by atoms with Gasteiger partial charge in [-0.1, -0.05) is 46.6 Å². The van der Waals surface area contributed by atoms with Gasteiger partial charge in [0.2, 0.25) is 0 Å². The van der Waals surface area contributed by atoms with Crippen molar-refractivity contribution in [3.63, 3.8) is 0 Å². The highest BCUT2D eigenvalue weighted by Crippen LogP contribution is 2.14. The Labute approximate surface area is 151 Å². The molecule has 0 bridgehead atoms. The number of hydrogen-bond donors (Lipinski definition) is 1. The summed E-state index contributed by atoms with van der Waals surface area (Å²) in [7, 11) is 0. The van der Waals surface area contributed by atoms with Gasteiger partial charge in [0.25, 0.3) is 0 Å². The largest absolute Gasteiger partial charge is 0.310 e. The quantitative estimate of drug-likeness (QED) is 0.277. The average molecular weight is 330 g/mol. The van der Waals surface area contributed by atoms with E-state index in [4.69, 9.17) is 5.41 Å². The van der Waals surface area contributed by atoms with E-state index in [1.807, 2.05) is 6.92 Å². The molecule has 0 heterocycles. The van der Waals surface area contributed by atoms with Crippen LogP contribution >= 0.6 is 0 Å². The van der Waals surface area contributed by atoms with Crippen LogP contribution in [0.15, 0.2) is 46.6 Å². The van der Waals surface area contributed by atoms with E-state index in [0.29, 0.717) is 0 Å². The van der Waals surface area contributed by atoms with Crippen molar-refractivity contribution in [2.45, 2.75) is 92.9 Å². The summed E-state index contributed by atoms with van der Waals surface area (Å²) in [6.07, 6.45) is 18.3. The first kappa shape index (κ1) is 22.6. The molecule has 0 amide bonds. The van der Waals surface area contributed by atoms with Gasteiger partial charge in [0.05, 0.1) is 0 Å². The lowest BCUT2D eigenvalue weighted by atomic mass is 10.0. The summed E-state index contributed by atoms with van der Waals surface area (Å²) < 4.78 is 0. The van der Waals surface area contributed by atoms with Crippen molar-refractivity contribution in [2.75, 3.05) is 0 Å². The molecule has 24 heavy (non-hydrogen) atoms. The molecular formula is C23H39N. The first-order valence-corrected chi connectivity index (χ1v) is 9.45. The van der Waals surface area contributed by atoms with Gasteiger partial charge in [-0.25, -0.2) is 0 Å². The van der Waals surface area contributed by atoms with Gasteiger partial charge in [-0.2, -0.15) is 0 Å². The van der Waals surface area contributed by atoms with Crippen LogP contribution in [0.25, 0.3) is 0 Å². The van der Waals surface area contributed by atoms with Crippen molar-refractivity contribution < 1.29 is 0 Å². The van der Waals surface area contributed by atoms with Gasteiger partial charge in [0.1, 0.15) is 0 Å². The van der Waals surface area contributed by atoms with Crippen molar-refractivity contribution in [3.05, 3.63) is 46.6 Å². The van der Waals surface area contributed by atoms with Crippen molar-refractivity contribution in [1.82, 2.24) is 0 Å². The molecule has 0 radical (unpaired) electrons. The highest BCUT2D eigenvalue weighted by atomic mass is 14.4. The molecule has 136 valence electrons. The summed E-state index contributed by atoms with van der Waals surface area (Å²) in [6.45, 7) is 12.9. The molecule has 0 saturated carbocycles. The van der Waals surface area contributed by atoms with Crippen molar-refractivity contribution in [2.24, 2.45) is 0 Å². The molecule has 0 rings (SSSR count). The number of hydrogen-bond acceptors (Lipinski definition) is 1. The minimum atomic E-state index is 0.777. The molecule has 0 saturated heterocycles. The Morgan fingerprint density at radius 1 is 0.542 bits per heavy atom. The fourth-order valence-electron chi connectivity index (χ4n) is 2.52. The monoisotopic (exact) mass is 329 g/mol. The lowest BCUT2D eigenvalue weighted by molar-refractivity contribution is 0.896. The molecule has 0 aromatic carbocycles. The van der Waals surface area contributed by atoms with Crippen molar-refractivity contribution in [1.29, 1.82) is 5.41 Å². The first-order chi connectivity index (χ1) is 11.3. The molecule has 1 nitrogen and oxygen atoms in total. The second-order valence-corrected chi connectivity index (χ2v) is 7.37. The molecule has 0 unspecified atom stereocenters. The van der Waals surface area contributed by atoms with Gasteiger partial charge in [0, 0.05) is 5.71 Å². The Bertz CT molecular complexity index is 482. The Balaban J connectivity index is 3.98. The molecule has 0 aliphatic heterocycles. The molecule has 0 spiro atoms. The van der Waals surface area contributed by atoms with Gasteiger partial charge in [0.15, 0.2) is 0 Å². The molecule has 0 aromatic heterocycles. The van der Waals surface area contributed by atoms with Crippen molar-refractivity contribution in [3.8, 4) is 0 Å². The maximum absolute atomic E-state index is 7.44. The van der Waals surface area contributed by atoms with E-state index in [9.17, 15) is 0 Å².